The third kappa shape index (κ3) is 5.83. The van der Waals surface area contributed by atoms with E-state index in [2.05, 4.69) is 9.88 Å². The van der Waals surface area contributed by atoms with Gasteiger partial charge in [0, 0.05) is 23.8 Å². The Morgan fingerprint density at radius 1 is 1.22 bits per heavy atom. The van der Waals surface area contributed by atoms with Gasteiger partial charge in [-0.3, -0.25) is 4.72 Å². The lowest BCUT2D eigenvalue weighted by atomic mass is 10.1. The number of aromatic nitrogens is 1. The van der Waals surface area contributed by atoms with Gasteiger partial charge < -0.3 is 14.0 Å². The minimum atomic E-state index is -3.57. The zero-order chi connectivity index (χ0) is 16.7. The predicted octanol–water partition coefficient (Wildman–Crippen LogP) is 2.40. The molecular weight excluding hydrogens is 344 g/mol. The second kappa shape index (κ2) is 8.30. The maximum Gasteiger partial charge on any atom is 0.238 e. The molecule has 0 saturated carbocycles. The first-order valence-corrected chi connectivity index (χ1v) is 8.83. The van der Waals surface area contributed by atoms with E-state index in [0.717, 1.165) is 5.56 Å². The number of anilines is 1. The molecule has 0 spiro atoms. The van der Waals surface area contributed by atoms with Crippen LogP contribution in [0.4, 0.5) is 5.88 Å². The van der Waals surface area contributed by atoms with Crippen LogP contribution < -0.4 is 4.72 Å². The summed E-state index contributed by atoms with van der Waals surface area (Å²) in [6.07, 6.45) is 0. The molecule has 2 rings (SSSR count). The quantitative estimate of drug-likeness (QED) is 0.690. The Morgan fingerprint density at radius 2 is 1.96 bits per heavy atom. The number of hydrogen-bond acceptors (Lipinski definition) is 6. The molecule has 0 saturated heterocycles. The number of sulfonamides is 1. The van der Waals surface area contributed by atoms with Gasteiger partial charge in [-0.05, 0) is 12.1 Å². The fourth-order valence-corrected chi connectivity index (χ4v) is 2.67. The minimum absolute atomic E-state index is 0.0480. The largest absolute Gasteiger partial charge is 0.382 e. The highest BCUT2D eigenvalue weighted by Gasteiger charge is 2.14. The monoisotopic (exact) mass is 360 g/mol. The molecule has 0 radical (unpaired) electrons. The van der Waals surface area contributed by atoms with Crippen molar-refractivity contribution in [3.63, 3.8) is 0 Å². The van der Waals surface area contributed by atoms with Crippen molar-refractivity contribution in [3.8, 4) is 11.3 Å². The van der Waals surface area contributed by atoms with E-state index in [9.17, 15) is 8.42 Å². The summed E-state index contributed by atoms with van der Waals surface area (Å²) < 4.78 is 41.0. The number of rotatable bonds is 9. The molecule has 0 aliphatic heterocycles. The summed E-state index contributed by atoms with van der Waals surface area (Å²) in [6, 6.07) is 8.47. The molecule has 2 aromatic rings. The van der Waals surface area contributed by atoms with Crippen molar-refractivity contribution in [1.82, 2.24) is 5.16 Å². The summed E-state index contributed by atoms with van der Waals surface area (Å²) in [5.41, 5.74) is 1.28. The van der Waals surface area contributed by atoms with Crippen LogP contribution in [0.5, 0.6) is 0 Å². The predicted molar refractivity (Wildman–Crippen MR) is 87.1 cm³/mol. The topological polar surface area (TPSA) is 90.7 Å². The van der Waals surface area contributed by atoms with Crippen LogP contribution in [-0.2, 0) is 19.5 Å². The Balaban J connectivity index is 1.91. The lowest BCUT2D eigenvalue weighted by Crippen LogP contribution is -2.20. The lowest BCUT2D eigenvalue weighted by molar-refractivity contribution is 0.0785. The van der Waals surface area contributed by atoms with Gasteiger partial charge in [0.2, 0.25) is 15.9 Å². The number of nitrogens with zero attached hydrogens (tertiary/aromatic N) is 1. The Bertz CT molecular complexity index is 715. The van der Waals surface area contributed by atoms with Gasteiger partial charge in [0.25, 0.3) is 0 Å². The van der Waals surface area contributed by atoms with Crippen molar-refractivity contribution in [1.29, 1.82) is 0 Å². The van der Waals surface area contributed by atoms with Gasteiger partial charge in [0.15, 0.2) is 0 Å². The van der Waals surface area contributed by atoms with Gasteiger partial charge in [0.1, 0.15) is 5.69 Å². The summed E-state index contributed by atoms with van der Waals surface area (Å²) in [5, 5.41) is 4.43. The van der Waals surface area contributed by atoms with Crippen LogP contribution in [0.1, 0.15) is 0 Å². The van der Waals surface area contributed by atoms with Crippen LogP contribution in [0.25, 0.3) is 11.3 Å². The Kier molecular flexibility index (Phi) is 6.40. The van der Waals surface area contributed by atoms with Crippen molar-refractivity contribution in [2.24, 2.45) is 0 Å². The molecular formula is C14H17ClN2O5S. The van der Waals surface area contributed by atoms with Gasteiger partial charge >= 0.3 is 0 Å². The molecule has 126 valence electrons. The molecule has 0 atom stereocenters. The molecule has 0 aliphatic rings. The molecule has 7 nitrogen and oxygen atoms in total. The van der Waals surface area contributed by atoms with E-state index in [4.69, 9.17) is 25.6 Å². The number of hydrogen-bond donors (Lipinski definition) is 1. The summed E-state index contributed by atoms with van der Waals surface area (Å²) >= 11 is 5.82. The minimum Gasteiger partial charge on any atom is -0.382 e. The summed E-state index contributed by atoms with van der Waals surface area (Å²) in [4.78, 5) is 0. The molecule has 23 heavy (non-hydrogen) atoms. The van der Waals surface area contributed by atoms with E-state index in [1.54, 1.807) is 31.4 Å². The molecule has 1 N–H and O–H groups in total. The van der Waals surface area contributed by atoms with Crippen molar-refractivity contribution in [3.05, 3.63) is 35.4 Å². The lowest BCUT2D eigenvalue weighted by Gasteiger charge is -2.05. The van der Waals surface area contributed by atoms with E-state index in [1.807, 2.05) is 0 Å². The molecule has 1 heterocycles. The number of halogens is 1. The maximum absolute atomic E-state index is 11.9. The number of ether oxygens (including phenoxy) is 2. The van der Waals surface area contributed by atoms with Gasteiger partial charge in [-0.25, -0.2) is 8.42 Å². The third-order valence-corrected chi connectivity index (χ3v) is 4.30. The first-order chi connectivity index (χ1) is 11.0. The average molecular weight is 361 g/mol. The van der Waals surface area contributed by atoms with Crippen molar-refractivity contribution in [2.45, 2.75) is 0 Å². The number of methoxy groups -OCH3 is 1. The second-order valence-corrected chi connectivity index (χ2v) is 6.89. The summed E-state index contributed by atoms with van der Waals surface area (Å²) in [6.45, 7) is 0.825. The molecule has 0 fully saturated rings. The highest BCUT2D eigenvalue weighted by molar-refractivity contribution is 7.92. The fourth-order valence-electron chi connectivity index (χ4n) is 1.70. The van der Waals surface area contributed by atoms with Crippen LogP contribution in [0, 0.1) is 0 Å². The van der Waals surface area contributed by atoms with E-state index in [0.29, 0.717) is 23.9 Å². The summed E-state index contributed by atoms with van der Waals surface area (Å²) in [5.74, 6) is -0.139. The third-order valence-electron chi connectivity index (χ3n) is 2.83. The molecule has 1 aromatic heterocycles. The number of nitrogens with one attached hydrogen (secondary N) is 1. The normalized spacial score (nSPS) is 11.6. The first kappa shape index (κ1) is 17.7. The molecule has 9 heteroatoms. The van der Waals surface area contributed by atoms with Crippen molar-refractivity contribution < 1.29 is 22.4 Å². The summed E-state index contributed by atoms with van der Waals surface area (Å²) in [7, 11) is -2.02. The molecule has 0 unspecified atom stereocenters. The average Bonchev–Trinajstić information content (AvgIpc) is 2.95. The van der Waals surface area contributed by atoms with Gasteiger partial charge in [0.05, 0.1) is 25.6 Å². The molecule has 0 amide bonds. The van der Waals surface area contributed by atoms with E-state index in [1.165, 1.54) is 6.07 Å². The fraction of sp³-hybridized carbons (Fsp3) is 0.357. The van der Waals surface area contributed by atoms with E-state index >= 15 is 0 Å². The van der Waals surface area contributed by atoms with Crippen LogP contribution in [0.3, 0.4) is 0 Å². The van der Waals surface area contributed by atoms with E-state index in [-0.39, 0.29) is 18.2 Å². The van der Waals surface area contributed by atoms with Crippen LogP contribution in [-0.4, -0.2) is 46.3 Å². The SMILES string of the molecule is COCCOCCS(=O)(=O)Nc1cc(-c2ccc(Cl)cc2)no1. The van der Waals surface area contributed by atoms with Gasteiger partial charge in [-0.2, -0.15) is 0 Å². The highest BCUT2D eigenvalue weighted by atomic mass is 35.5. The Morgan fingerprint density at radius 3 is 2.65 bits per heavy atom. The van der Waals surface area contributed by atoms with E-state index < -0.39 is 10.0 Å². The second-order valence-electron chi connectivity index (χ2n) is 4.61. The van der Waals surface area contributed by atoms with Crippen molar-refractivity contribution >= 4 is 27.5 Å². The van der Waals surface area contributed by atoms with Crippen LogP contribution in [0.15, 0.2) is 34.9 Å². The number of benzene rings is 1. The zero-order valence-corrected chi connectivity index (χ0v) is 14.1. The molecule has 0 bridgehead atoms. The standard InChI is InChI=1S/C14H17ClN2O5S/c1-20-6-7-21-8-9-23(18,19)17-14-10-13(16-22-14)11-2-4-12(15)5-3-11/h2-5,10,17H,6-9H2,1H3. The van der Waals surface area contributed by atoms with Crippen LogP contribution in [0.2, 0.25) is 5.02 Å². The molecule has 1 aromatic carbocycles. The molecule has 0 aliphatic carbocycles. The van der Waals surface area contributed by atoms with Gasteiger partial charge in [-0.1, -0.05) is 28.9 Å². The van der Waals surface area contributed by atoms with Gasteiger partial charge in [-0.15, -0.1) is 0 Å². The first-order valence-electron chi connectivity index (χ1n) is 6.80. The van der Waals surface area contributed by atoms with Crippen LogP contribution >= 0.6 is 11.6 Å². The maximum atomic E-state index is 11.9. The Labute approximate surface area is 139 Å². The Hall–Kier alpha value is -1.61. The smallest absolute Gasteiger partial charge is 0.238 e. The van der Waals surface area contributed by atoms with Crippen molar-refractivity contribution in [2.75, 3.05) is 37.4 Å². The zero-order valence-electron chi connectivity index (χ0n) is 12.5. The highest BCUT2D eigenvalue weighted by Crippen LogP contribution is 2.23.